The number of hydrazone groups is 1. The van der Waals surface area contributed by atoms with Crippen molar-refractivity contribution in [3.05, 3.63) is 50.8 Å². The van der Waals surface area contributed by atoms with Gasteiger partial charge in [-0.25, -0.2) is 14.3 Å². The van der Waals surface area contributed by atoms with Crippen molar-refractivity contribution in [1.82, 2.24) is 15.2 Å². The van der Waals surface area contributed by atoms with Crippen molar-refractivity contribution >= 4 is 23.6 Å². The van der Waals surface area contributed by atoms with Crippen LogP contribution < -0.4 is 11.1 Å². The molecule has 0 atom stereocenters. The van der Waals surface area contributed by atoms with Gasteiger partial charge in [-0.15, -0.1) is 0 Å². The molecule has 2 rings (SSSR count). The maximum Gasteiger partial charge on any atom is 0.363 e. The van der Waals surface area contributed by atoms with Crippen molar-refractivity contribution in [2.24, 2.45) is 5.10 Å². The van der Waals surface area contributed by atoms with Gasteiger partial charge in [-0.1, -0.05) is 11.6 Å². The molecule has 0 aliphatic rings. The standard InChI is InChI=1S/C11H9ClFN5O/c1-6-10(15-11(19)18-16-6)17-14-5-7-2-3-8(13)4-9(7)12/h2-5H,1H3,(H2,15,17,18,19)/b14-5+. The molecule has 0 spiro atoms. The number of benzene rings is 1. The molecule has 98 valence electrons. The monoisotopic (exact) mass is 281 g/mol. The lowest BCUT2D eigenvalue weighted by Gasteiger charge is -2.01. The van der Waals surface area contributed by atoms with E-state index in [9.17, 15) is 9.18 Å². The van der Waals surface area contributed by atoms with E-state index in [4.69, 9.17) is 11.6 Å². The quantitative estimate of drug-likeness (QED) is 0.663. The van der Waals surface area contributed by atoms with E-state index in [0.717, 1.165) is 0 Å². The predicted octanol–water partition coefficient (Wildman–Crippen LogP) is 1.71. The lowest BCUT2D eigenvalue weighted by Crippen LogP contribution is -2.15. The number of aryl methyl sites for hydroxylation is 1. The first kappa shape index (κ1) is 13.2. The highest BCUT2D eigenvalue weighted by Gasteiger charge is 2.01. The van der Waals surface area contributed by atoms with Gasteiger partial charge < -0.3 is 0 Å². The van der Waals surface area contributed by atoms with Gasteiger partial charge >= 0.3 is 5.69 Å². The Morgan fingerprint density at radius 1 is 1.53 bits per heavy atom. The van der Waals surface area contributed by atoms with Crippen LogP contribution in [0.2, 0.25) is 5.02 Å². The highest BCUT2D eigenvalue weighted by molar-refractivity contribution is 6.33. The zero-order valence-electron chi connectivity index (χ0n) is 9.82. The summed E-state index contributed by atoms with van der Waals surface area (Å²) in [6, 6.07) is 3.94. The average Bonchev–Trinajstić information content (AvgIpc) is 2.36. The molecule has 2 aromatic rings. The summed E-state index contributed by atoms with van der Waals surface area (Å²) < 4.78 is 12.8. The number of aromatic nitrogens is 3. The molecular formula is C11H9ClFN5O. The summed E-state index contributed by atoms with van der Waals surface area (Å²) in [4.78, 5) is 14.6. The number of hydrogen-bond donors (Lipinski definition) is 2. The maximum absolute atomic E-state index is 12.8. The smallest absolute Gasteiger partial charge is 0.260 e. The first-order valence-corrected chi connectivity index (χ1v) is 5.61. The van der Waals surface area contributed by atoms with Gasteiger partial charge in [0.05, 0.1) is 11.2 Å². The average molecular weight is 282 g/mol. The minimum atomic E-state index is -0.580. The third-order valence-corrected chi connectivity index (χ3v) is 2.54. The van der Waals surface area contributed by atoms with E-state index < -0.39 is 11.5 Å². The number of nitrogens with one attached hydrogen (secondary N) is 2. The molecule has 8 heteroatoms. The highest BCUT2D eigenvalue weighted by atomic mass is 35.5. The van der Waals surface area contributed by atoms with Crippen LogP contribution in [-0.4, -0.2) is 21.4 Å². The van der Waals surface area contributed by atoms with Gasteiger partial charge in [-0.05, 0) is 25.1 Å². The molecule has 0 unspecified atom stereocenters. The first-order valence-electron chi connectivity index (χ1n) is 5.24. The Kier molecular flexibility index (Phi) is 3.86. The van der Waals surface area contributed by atoms with E-state index in [0.29, 0.717) is 11.3 Å². The van der Waals surface area contributed by atoms with Gasteiger partial charge in [-0.2, -0.15) is 15.2 Å². The van der Waals surface area contributed by atoms with Crippen LogP contribution in [0.4, 0.5) is 10.2 Å². The van der Waals surface area contributed by atoms with Gasteiger partial charge in [0.25, 0.3) is 0 Å². The van der Waals surface area contributed by atoms with E-state index in [1.165, 1.54) is 24.4 Å². The fraction of sp³-hybridized carbons (Fsp3) is 0.0909. The van der Waals surface area contributed by atoms with Crippen molar-refractivity contribution in [2.75, 3.05) is 5.43 Å². The topological polar surface area (TPSA) is 83.0 Å². The van der Waals surface area contributed by atoms with Crippen molar-refractivity contribution in [3.8, 4) is 0 Å². The summed E-state index contributed by atoms with van der Waals surface area (Å²) in [5, 5.41) is 10.0. The lowest BCUT2D eigenvalue weighted by molar-refractivity contribution is 0.628. The van der Waals surface area contributed by atoms with E-state index in [1.54, 1.807) is 6.92 Å². The van der Waals surface area contributed by atoms with Gasteiger partial charge in [0.1, 0.15) is 11.5 Å². The number of anilines is 1. The number of hydrogen-bond acceptors (Lipinski definition) is 5. The van der Waals surface area contributed by atoms with Crippen molar-refractivity contribution in [2.45, 2.75) is 6.92 Å². The van der Waals surface area contributed by atoms with Crippen LogP contribution in [0.3, 0.4) is 0 Å². The molecule has 0 saturated carbocycles. The molecule has 19 heavy (non-hydrogen) atoms. The van der Waals surface area contributed by atoms with E-state index in [1.807, 2.05) is 0 Å². The summed E-state index contributed by atoms with van der Waals surface area (Å²) >= 11 is 5.83. The molecule has 1 aromatic heterocycles. The van der Waals surface area contributed by atoms with Crippen LogP contribution in [0.1, 0.15) is 11.3 Å². The normalized spacial score (nSPS) is 10.9. The third kappa shape index (κ3) is 3.35. The van der Waals surface area contributed by atoms with Crippen LogP contribution in [0, 0.1) is 12.7 Å². The van der Waals surface area contributed by atoms with Crippen molar-refractivity contribution < 1.29 is 4.39 Å². The largest absolute Gasteiger partial charge is 0.363 e. The van der Waals surface area contributed by atoms with Crippen LogP contribution in [-0.2, 0) is 0 Å². The number of nitrogens with zero attached hydrogens (tertiary/aromatic N) is 3. The molecular weight excluding hydrogens is 273 g/mol. The summed E-state index contributed by atoms with van der Waals surface area (Å²) in [6.07, 6.45) is 1.39. The minimum absolute atomic E-state index is 0.234. The number of aromatic amines is 1. The fourth-order valence-corrected chi connectivity index (χ4v) is 1.48. The second-order valence-corrected chi connectivity index (χ2v) is 4.02. The van der Waals surface area contributed by atoms with Crippen molar-refractivity contribution in [1.29, 1.82) is 0 Å². The Labute approximate surface area is 112 Å². The zero-order valence-corrected chi connectivity index (χ0v) is 10.6. The fourth-order valence-electron chi connectivity index (χ4n) is 1.27. The molecule has 0 saturated heterocycles. The second-order valence-electron chi connectivity index (χ2n) is 3.61. The van der Waals surface area contributed by atoms with Gasteiger partial charge in [0.2, 0.25) is 0 Å². The molecule has 0 amide bonds. The highest BCUT2D eigenvalue weighted by Crippen LogP contribution is 2.15. The molecule has 0 aliphatic heterocycles. The Morgan fingerprint density at radius 2 is 2.32 bits per heavy atom. The molecule has 6 nitrogen and oxygen atoms in total. The maximum atomic E-state index is 12.8. The van der Waals surface area contributed by atoms with Gasteiger partial charge in [-0.3, -0.25) is 5.43 Å². The second kappa shape index (κ2) is 5.57. The summed E-state index contributed by atoms with van der Waals surface area (Å²) in [5.41, 5.74) is 3.01. The Bertz CT molecular complexity index is 685. The number of halogens is 2. The van der Waals surface area contributed by atoms with E-state index >= 15 is 0 Å². The lowest BCUT2D eigenvalue weighted by atomic mass is 10.2. The van der Waals surface area contributed by atoms with Gasteiger partial charge in [0.15, 0.2) is 5.82 Å². The van der Waals surface area contributed by atoms with E-state index in [2.05, 4.69) is 25.7 Å². The molecule has 1 heterocycles. The Balaban J connectivity index is 2.15. The molecule has 2 N–H and O–H groups in total. The van der Waals surface area contributed by atoms with Crippen molar-refractivity contribution in [3.63, 3.8) is 0 Å². The predicted molar refractivity (Wildman–Crippen MR) is 70.0 cm³/mol. The molecule has 0 fully saturated rings. The van der Waals surface area contributed by atoms with Crippen LogP contribution in [0.25, 0.3) is 0 Å². The molecule has 1 aromatic carbocycles. The summed E-state index contributed by atoms with van der Waals surface area (Å²) in [7, 11) is 0. The summed E-state index contributed by atoms with van der Waals surface area (Å²) in [5.74, 6) is -0.190. The molecule has 0 aliphatic carbocycles. The Hall–Kier alpha value is -2.28. The minimum Gasteiger partial charge on any atom is -0.260 e. The van der Waals surface area contributed by atoms with Crippen LogP contribution >= 0.6 is 11.6 Å². The van der Waals surface area contributed by atoms with E-state index in [-0.39, 0.29) is 10.8 Å². The molecule has 0 radical (unpaired) electrons. The zero-order chi connectivity index (χ0) is 13.8. The third-order valence-electron chi connectivity index (χ3n) is 2.21. The first-order chi connectivity index (χ1) is 9.06. The SMILES string of the molecule is Cc1n[nH]c(=O)nc1N/N=C/c1ccc(F)cc1Cl. The molecule has 0 bridgehead atoms. The number of rotatable bonds is 3. The number of H-pyrrole nitrogens is 1. The Morgan fingerprint density at radius 3 is 3.05 bits per heavy atom. The van der Waals surface area contributed by atoms with Crippen LogP contribution in [0.15, 0.2) is 28.1 Å². The summed E-state index contributed by atoms with van der Waals surface area (Å²) in [6.45, 7) is 1.66. The van der Waals surface area contributed by atoms with Crippen LogP contribution in [0.5, 0.6) is 0 Å². The van der Waals surface area contributed by atoms with Gasteiger partial charge in [0, 0.05) is 5.56 Å².